The van der Waals surface area contributed by atoms with Gasteiger partial charge in [-0.15, -0.1) is 0 Å². The van der Waals surface area contributed by atoms with Gasteiger partial charge in [-0.05, 0) is 42.5 Å². The average molecular weight is 307 g/mol. The van der Waals surface area contributed by atoms with Crippen LogP contribution in [0.15, 0.2) is 48.7 Å². The summed E-state index contributed by atoms with van der Waals surface area (Å²) in [5.41, 5.74) is 4.14. The summed E-state index contributed by atoms with van der Waals surface area (Å²) in [5, 5.41) is 14.8. The fourth-order valence-corrected chi connectivity index (χ4v) is 3.83. The number of aromatic nitrogens is 1. The molecule has 2 aromatic rings. The van der Waals surface area contributed by atoms with Gasteiger partial charge in [-0.3, -0.25) is 15.1 Å². The van der Waals surface area contributed by atoms with Crippen molar-refractivity contribution in [2.24, 2.45) is 5.92 Å². The van der Waals surface area contributed by atoms with Crippen molar-refractivity contribution in [1.82, 2.24) is 4.98 Å². The summed E-state index contributed by atoms with van der Waals surface area (Å²) in [6.45, 7) is 1.92. The van der Waals surface area contributed by atoms with E-state index < -0.39 is 0 Å². The van der Waals surface area contributed by atoms with Crippen LogP contribution in [0.5, 0.6) is 0 Å². The summed E-state index contributed by atoms with van der Waals surface area (Å²) in [4.78, 5) is 15.4. The van der Waals surface area contributed by atoms with Crippen LogP contribution in [0, 0.1) is 23.0 Å². The monoisotopic (exact) mass is 307 g/mol. The van der Waals surface area contributed by atoms with Gasteiger partial charge >= 0.3 is 0 Å². The molecule has 4 rings (SSSR count). The van der Waals surface area contributed by atoms with Crippen LogP contribution < -0.4 is 5.32 Å². The lowest BCUT2D eigenvalue weighted by molar-refractivity contribution is -0.385. The number of fused-ring (bicyclic) bond motifs is 3. The van der Waals surface area contributed by atoms with Crippen molar-refractivity contribution < 1.29 is 4.92 Å². The van der Waals surface area contributed by atoms with Gasteiger partial charge in [0.05, 0.1) is 16.7 Å². The molecule has 5 nitrogen and oxygen atoms in total. The summed E-state index contributed by atoms with van der Waals surface area (Å²) in [7, 11) is 0. The first-order valence-corrected chi connectivity index (χ1v) is 7.78. The molecule has 0 unspecified atom stereocenters. The third kappa shape index (κ3) is 2.20. The van der Waals surface area contributed by atoms with E-state index in [4.69, 9.17) is 0 Å². The minimum absolute atomic E-state index is 0.129. The molecule has 1 aromatic carbocycles. The number of pyridine rings is 1. The summed E-state index contributed by atoms with van der Waals surface area (Å²) in [6, 6.07) is 9.44. The Morgan fingerprint density at radius 3 is 2.96 bits per heavy atom. The molecule has 2 heterocycles. The van der Waals surface area contributed by atoms with Crippen LogP contribution in [0.1, 0.15) is 35.2 Å². The quantitative estimate of drug-likeness (QED) is 0.514. The normalized spacial score (nSPS) is 24.7. The molecule has 0 saturated heterocycles. The number of nitrogens with zero attached hydrogens (tertiary/aromatic N) is 2. The SMILES string of the molecule is Cc1cc([N+](=O)[O-])cc2c1N[C@H](c1ccccn1)[C@@H]1CC=C[C@@H]21. The first kappa shape index (κ1) is 13.9. The molecular weight excluding hydrogens is 290 g/mol. The minimum atomic E-state index is -0.314. The minimum Gasteiger partial charge on any atom is -0.376 e. The highest BCUT2D eigenvalue weighted by molar-refractivity contribution is 5.67. The van der Waals surface area contributed by atoms with E-state index in [0.29, 0.717) is 5.92 Å². The molecule has 0 amide bonds. The van der Waals surface area contributed by atoms with Crippen LogP contribution >= 0.6 is 0 Å². The molecule has 1 aliphatic heterocycles. The van der Waals surface area contributed by atoms with Gasteiger partial charge in [0, 0.05) is 29.9 Å². The molecule has 2 aliphatic rings. The topological polar surface area (TPSA) is 68.1 Å². The third-order valence-corrected chi connectivity index (χ3v) is 4.87. The van der Waals surface area contributed by atoms with Gasteiger partial charge in [0.25, 0.3) is 5.69 Å². The van der Waals surface area contributed by atoms with E-state index >= 15 is 0 Å². The van der Waals surface area contributed by atoms with Crippen molar-refractivity contribution in [3.63, 3.8) is 0 Å². The number of hydrogen-bond donors (Lipinski definition) is 1. The van der Waals surface area contributed by atoms with E-state index in [1.807, 2.05) is 31.3 Å². The van der Waals surface area contributed by atoms with Gasteiger partial charge in [-0.1, -0.05) is 18.2 Å². The van der Waals surface area contributed by atoms with Gasteiger partial charge in [-0.2, -0.15) is 0 Å². The lowest BCUT2D eigenvalue weighted by atomic mass is 9.77. The van der Waals surface area contributed by atoms with Gasteiger partial charge in [0.15, 0.2) is 0 Å². The van der Waals surface area contributed by atoms with Gasteiger partial charge in [0.2, 0.25) is 0 Å². The summed E-state index contributed by atoms with van der Waals surface area (Å²) >= 11 is 0. The number of anilines is 1. The lowest BCUT2D eigenvalue weighted by Gasteiger charge is -2.37. The third-order valence-electron chi connectivity index (χ3n) is 4.87. The van der Waals surface area contributed by atoms with Crippen LogP contribution in [-0.4, -0.2) is 9.91 Å². The Balaban J connectivity index is 1.84. The molecule has 23 heavy (non-hydrogen) atoms. The zero-order valence-corrected chi connectivity index (χ0v) is 12.8. The zero-order valence-electron chi connectivity index (χ0n) is 12.8. The van der Waals surface area contributed by atoms with Gasteiger partial charge < -0.3 is 5.32 Å². The Morgan fingerprint density at radius 1 is 1.35 bits per heavy atom. The van der Waals surface area contributed by atoms with Crippen molar-refractivity contribution in [3.8, 4) is 0 Å². The number of aryl methyl sites for hydroxylation is 1. The Bertz CT molecular complexity index is 801. The average Bonchev–Trinajstić information content (AvgIpc) is 3.04. The Hall–Kier alpha value is -2.69. The molecule has 116 valence electrons. The number of non-ortho nitro benzene ring substituents is 1. The molecule has 5 heteroatoms. The molecule has 1 aliphatic carbocycles. The van der Waals surface area contributed by atoms with Crippen LogP contribution in [0.25, 0.3) is 0 Å². The summed E-state index contributed by atoms with van der Waals surface area (Å²) in [5.74, 6) is 0.552. The van der Waals surface area contributed by atoms with Crippen LogP contribution in [0.4, 0.5) is 11.4 Å². The zero-order chi connectivity index (χ0) is 16.0. The lowest BCUT2D eigenvalue weighted by Crippen LogP contribution is -2.30. The van der Waals surface area contributed by atoms with E-state index in [-0.39, 0.29) is 22.6 Å². The van der Waals surface area contributed by atoms with Crippen molar-refractivity contribution >= 4 is 11.4 Å². The second kappa shape index (κ2) is 5.19. The number of nitrogens with one attached hydrogen (secondary N) is 1. The van der Waals surface area contributed by atoms with E-state index in [1.54, 1.807) is 12.1 Å². The molecule has 0 fully saturated rings. The number of allylic oxidation sites excluding steroid dienone is 2. The smallest absolute Gasteiger partial charge is 0.270 e. The van der Waals surface area contributed by atoms with E-state index in [0.717, 1.165) is 28.9 Å². The van der Waals surface area contributed by atoms with Crippen LogP contribution in [0.2, 0.25) is 0 Å². The van der Waals surface area contributed by atoms with Crippen LogP contribution in [-0.2, 0) is 0 Å². The number of hydrogen-bond acceptors (Lipinski definition) is 4. The summed E-state index contributed by atoms with van der Waals surface area (Å²) in [6.07, 6.45) is 7.13. The van der Waals surface area contributed by atoms with E-state index in [1.165, 1.54) is 0 Å². The van der Waals surface area contributed by atoms with Gasteiger partial charge in [-0.25, -0.2) is 0 Å². The summed E-state index contributed by atoms with van der Waals surface area (Å²) < 4.78 is 0. The molecule has 0 radical (unpaired) electrons. The first-order valence-electron chi connectivity index (χ1n) is 7.78. The van der Waals surface area contributed by atoms with E-state index in [9.17, 15) is 10.1 Å². The molecule has 1 N–H and O–H groups in total. The molecular formula is C18H17N3O2. The van der Waals surface area contributed by atoms with E-state index in [2.05, 4.69) is 22.5 Å². The predicted octanol–water partition coefficient (Wildman–Crippen LogP) is 4.12. The maximum atomic E-state index is 11.2. The largest absolute Gasteiger partial charge is 0.376 e. The Kier molecular flexibility index (Phi) is 3.15. The van der Waals surface area contributed by atoms with Crippen molar-refractivity contribution in [2.75, 3.05) is 5.32 Å². The molecule has 0 spiro atoms. The Labute approximate surface area is 134 Å². The number of benzene rings is 1. The number of nitro groups is 1. The molecule has 1 aromatic heterocycles. The van der Waals surface area contributed by atoms with Crippen molar-refractivity contribution in [3.05, 3.63) is 75.6 Å². The molecule has 0 bridgehead atoms. The highest BCUT2D eigenvalue weighted by atomic mass is 16.6. The highest BCUT2D eigenvalue weighted by Crippen LogP contribution is 2.51. The van der Waals surface area contributed by atoms with Crippen LogP contribution in [0.3, 0.4) is 0 Å². The molecule has 3 atom stereocenters. The maximum absolute atomic E-state index is 11.2. The van der Waals surface area contributed by atoms with Crippen molar-refractivity contribution in [2.45, 2.75) is 25.3 Å². The standard InChI is InChI=1S/C18H17N3O2/c1-11-9-12(21(22)23)10-15-13-5-4-6-14(13)18(20-17(11)15)16-7-2-3-8-19-16/h2-5,7-10,13-14,18,20H,6H2,1H3/t13-,14-,18+/m1/s1. The van der Waals surface area contributed by atoms with Crippen molar-refractivity contribution in [1.29, 1.82) is 0 Å². The number of rotatable bonds is 2. The maximum Gasteiger partial charge on any atom is 0.270 e. The fourth-order valence-electron chi connectivity index (χ4n) is 3.83. The molecule has 0 saturated carbocycles. The predicted molar refractivity (Wildman–Crippen MR) is 88.4 cm³/mol. The highest BCUT2D eigenvalue weighted by Gasteiger charge is 2.39. The second-order valence-corrected chi connectivity index (χ2v) is 6.21. The van der Waals surface area contributed by atoms with Gasteiger partial charge in [0.1, 0.15) is 0 Å². The first-order chi connectivity index (χ1) is 11.1. The number of nitro benzene ring substituents is 1. The second-order valence-electron chi connectivity index (χ2n) is 6.21. The fraction of sp³-hybridized carbons (Fsp3) is 0.278. The Morgan fingerprint density at radius 2 is 2.22 bits per heavy atom.